The first-order valence-electron chi connectivity index (χ1n) is 10.5. The largest absolute Gasteiger partial charge is 0.484 e. The van der Waals surface area contributed by atoms with Crippen molar-refractivity contribution in [3.8, 4) is 5.75 Å². The van der Waals surface area contributed by atoms with E-state index in [2.05, 4.69) is 21.2 Å². The van der Waals surface area contributed by atoms with Crippen molar-refractivity contribution in [1.29, 1.82) is 0 Å². The number of hydrogen-bond acceptors (Lipinski definition) is 5. The van der Waals surface area contributed by atoms with Gasteiger partial charge in [0.1, 0.15) is 5.75 Å². The van der Waals surface area contributed by atoms with Crippen LogP contribution < -0.4 is 15.0 Å². The number of ether oxygens (including phenoxy) is 1. The Hall–Kier alpha value is -2.65. The van der Waals surface area contributed by atoms with Crippen LogP contribution >= 0.6 is 51.5 Å². The molecule has 5 nitrogen and oxygen atoms in total. The van der Waals surface area contributed by atoms with Gasteiger partial charge in [-0.2, -0.15) is 0 Å². The van der Waals surface area contributed by atoms with Gasteiger partial charge in [0, 0.05) is 9.50 Å². The number of nitrogens with one attached hydrogen (secondary N) is 1. The number of aryl methyl sites for hydroxylation is 2. The van der Waals surface area contributed by atoms with Crippen LogP contribution in [0.4, 0.5) is 11.4 Å². The summed E-state index contributed by atoms with van der Waals surface area (Å²) < 4.78 is 6.90. The Morgan fingerprint density at radius 1 is 1.11 bits per heavy atom. The third-order valence-electron chi connectivity index (χ3n) is 5.28. The highest BCUT2D eigenvalue weighted by Crippen LogP contribution is 2.36. The minimum atomic E-state index is -0.260. The summed E-state index contributed by atoms with van der Waals surface area (Å²) in [6.07, 6.45) is 1.78. The van der Waals surface area contributed by atoms with E-state index in [1.807, 2.05) is 38.1 Å². The molecule has 0 aliphatic carbocycles. The average Bonchev–Trinajstić information content (AvgIpc) is 3.10. The van der Waals surface area contributed by atoms with Gasteiger partial charge in [-0.05, 0) is 101 Å². The molecule has 178 valence electrons. The molecule has 1 saturated heterocycles. The second-order valence-electron chi connectivity index (χ2n) is 7.82. The highest BCUT2D eigenvalue weighted by molar-refractivity contribution is 9.10. The summed E-state index contributed by atoms with van der Waals surface area (Å²) >= 11 is 16.1. The number of thioether (sulfide) groups is 1. The molecule has 0 saturated carbocycles. The number of halogens is 2. The zero-order chi connectivity index (χ0) is 25.1. The van der Waals surface area contributed by atoms with E-state index in [0.717, 1.165) is 21.2 Å². The Balaban J connectivity index is 1.37. The van der Waals surface area contributed by atoms with E-state index in [4.69, 9.17) is 28.6 Å². The van der Waals surface area contributed by atoms with Crippen molar-refractivity contribution in [3.05, 3.63) is 91.8 Å². The maximum Gasteiger partial charge on any atom is 0.270 e. The van der Waals surface area contributed by atoms with Crippen LogP contribution in [0, 0.1) is 13.8 Å². The van der Waals surface area contributed by atoms with Crippen molar-refractivity contribution in [3.63, 3.8) is 0 Å². The minimum Gasteiger partial charge on any atom is -0.484 e. The summed E-state index contributed by atoms with van der Waals surface area (Å²) in [7, 11) is 0. The Morgan fingerprint density at radius 2 is 1.77 bits per heavy atom. The lowest BCUT2D eigenvalue weighted by Crippen LogP contribution is -2.27. The van der Waals surface area contributed by atoms with E-state index in [1.54, 1.807) is 42.5 Å². The Labute approximate surface area is 226 Å². The fourth-order valence-corrected chi connectivity index (χ4v) is 5.29. The first-order chi connectivity index (χ1) is 16.7. The summed E-state index contributed by atoms with van der Waals surface area (Å²) in [5, 5.41) is 3.44. The van der Waals surface area contributed by atoms with Gasteiger partial charge in [0.15, 0.2) is 10.9 Å². The van der Waals surface area contributed by atoms with Gasteiger partial charge in [0.25, 0.3) is 11.8 Å². The Bertz CT molecular complexity index is 1340. The molecular formula is C26H20BrClN2O3S2. The SMILES string of the molecule is Cc1cc(Br)c(NC(=O)COc2ccc(/C=C3\SC(=S)N(c4ccc(Cl)cc4)C3=O)cc2)cc1C. The van der Waals surface area contributed by atoms with E-state index < -0.39 is 0 Å². The third-order valence-corrected chi connectivity index (χ3v) is 7.49. The molecule has 0 spiro atoms. The molecule has 1 N–H and O–H groups in total. The van der Waals surface area contributed by atoms with Gasteiger partial charge in [-0.1, -0.05) is 47.7 Å². The number of carbonyl (C=O) groups excluding carboxylic acids is 2. The normalized spacial score (nSPS) is 14.5. The van der Waals surface area contributed by atoms with Crippen molar-refractivity contribution in [1.82, 2.24) is 0 Å². The molecule has 0 bridgehead atoms. The molecular weight excluding hydrogens is 568 g/mol. The number of hydrogen-bond donors (Lipinski definition) is 1. The molecule has 0 unspecified atom stereocenters. The molecule has 0 atom stereocenters. The number of rotatable bonds is 6. The minimum absolute atomic E-state index is 0.127. The molecule has 3 aromatic rings. The fourth-order valence-electron chi connectivity index (χ4n) is 3.30. The summed E-state index contributed by atoms with van der Waals surface area (Å²) in [6, 6.07) is 18.0. The maximum absolute atomic E-state index is 12.9. The van der Waals surface area contributed by atoms with E-state index >= 15 is 0 Å². The number of amides is 2. The predicted octanol–water partition coefficient (Wildman–Crippen LogP) is 7.14. The van der Waals surface area contributed by atoms with Crippen molar-refractivity contribution in [2.24, 2.45) is 0 Å². The number of benzene rings is 3. The van der Waals surface area contributed by atoms with Crippen molar-refractivity contribution in [2.45, 2.75) is 13.8 Å². The van der Waals surface area contributed by atoms with Crippen LogP contribution in [0.3, 0.4) is 0 Å². The van der Waals surface area contributed by atoms with Crippen LogP contribution in [-0.4, -0.2) is 22.7 Å². The average molecular weight is 588 g/mol. The van der Waals surface area contributed by atoms with Crippen LogP contribution in [0.1, 0.15) is 16.7 Å². The molecule has 0 radical (unpaired) electrons. The summed E-state index contributed by atoms with van der Waals surface area (Å²) in [6.45, 7) is 3.88. The molecule has 4 rings (SSSR count). The second-order valence-corrected chi connectivity index (χ2v) is 10.8. The summed E-state index contributed by atoms with van der Waals surface area (Å²) in [5.41, 5.74) is 4.42. The third kappa shape index (κ3) is 6.13. The number of thiocarbonyl (C=S) groups is 1. The van der Waals surface area contributed by atoms with Crippen LogP contribution in [0.2, 0.25) is 5.02 Å². The molecule has 1 heterocycles. The van der Waals surface area contributed by atoms with Crippen LogP contribution in [0.15, 0.2) is 70.0 Å². The fraction of sp³-hybridized carbons (Fsp3) is 0.115. The maximum atomic E-state index is 12.9. The van der Waals surface area contributed by atoms with E-state index in [-0.39, 0.29) is 18.4 Å². The topological polar surface area (TPSA) is 58.6 Å². The highest BCUT2D eigenvalue weighted by Gasteiger charge is 2.33. The van der Waals surface area contributed by atoms with Crippen molar-refractivity contribution < 1.29 is 14.3 Å². The van der Waals surface area contributed by atoms with Gasteiger partial charge in [0.05, 0.1) is 16.3 Å². The second kappa shape index (κ2) is 11.0. The van der Waals surface area contributed by atoms with Crippen molar-refractivity contribution >= 4 is 85.1 Å². The molecule has 1 fully saturated rings. The van der Waals surface area contributed by atoms with Crippen LogP contribution in [-0.2, 0) is 9.59 Å². The first kappa shape index (κ1) is 25.4. The highest BCUT2D eigenvalue weighted by atomic mass is 79.9. The molecule has 2 amide bonds. The standard InChI is InChI=1S/C26H20BrClN2O3S2/c1-15-11-21(27)22(12-16(15)2)29-24(31)14-33-20-9-3-17(4-10-20)13-23-25(32)30(26(34)35-23)19-7-5-18(28)6-8-19/h3-13H,14H2,1-2H3,(H,29,31)/b23-13-. The molecule has 1 aliphatic rings. The quantitative estimate of drug-likeness (QED) is 0.245. The molecule has 3 aromatic carbocycles. The molecule has 9 heteroatoms. The van der Waals surface area contributed by atoms with E-state index in [9.17, 15) is 9.59 Å². The van der Waals surface area contributed by atoms with E-state index in [1.165, 1.54) is 16.7 Å². The Kier molecular flexibility index (Phi) is 7.96. The van der Waals surface area contributed by atoms with Crippen LogP contribution in [0.25, 0.3) is 6.08 Å². The van der Waals surface area contributed by atoms with Crippen molar-refractivity contribution in [2.75, 3.05) is 16.8 Å². The van der Waals surface area contributed by atoms with Gasteiger partial charge in [-0.3, -0.25) is 14.5 Å². The first-order valence-corrected chi connectivity index (χ1v) is 12.9. The van der Waals surface area contributed by atoms with Gasteiger partial charge in [-0.25, -0.2) is 0 Å². The number of anilines is 2. The molecule has 35 heavy (non-hydrogen) atoms. The number of carbonyl (C=O) groups is 2. The monoisotopic (exact) mass is 586 g/mol. The zero-order valence-electron chi connectivity index (χ0n) is 18.8. The predicted molar refractivity (Wildman–Crippen MR) is 151 cm³/mol. The molecule has 0 aromatic heterocycles. The number of nitrogens with zero attached hydrogens (tertiary/aromatic N) is 1. The van der Waals surface area contributed by atoms with Crippen LogP contribution in [0.5, 0.6) is 5.75 Å². The van der Waals surface area contributed by atoms with Gasteiger partial charge < -0.3 is 10.1 Å². The van der Waals surface area contributed by atoms with Gasteiger partial charge >= 0.3 is 0 Å². The lowest BCUT2D eigenvalue weighted by atomic mass is 10.1. The lowest BCUT2D eigenvalue weighted by molar-refractivity contribution is -0.118. The lowest BCUT2D eigenvalue weighted by Gasteiger charge is -2.14. The zero-order valence-corrected chi connectivity index (χ0v) is 22.8. The smallest absolute Gasteiger partial charge is 0.270 e. The summed E-state index contributed by atoms with van der Waals surface area (Å²) in [5.74, 6) is 0.103. The Morgan fingerprint density at radius 3 is 2.46 bits per heavy atom. The van der Waals surface area contributed by atoms with Gasteiger partial charge in [0.2, 0.25) is 0 Å². The van der Waals surface area contributed by atoms with E-state index in [0.29, 0.717) is 31.4 Å². The van der Waals surface area contributed by atoms with Gasteiger partial charge in [-0.15, -0.1) is 0 Å². The summed E-state index contributed by atoms with van der Waals surface area (Å²) in [4.78, 5) is 27.3. The molecule has 1 aliphatic heterocycles.